The van der Waals surface area contributed by atoms with Crippen LogP contribution >= 0.6 is 15.9 Å². The normalized spacial score (nSPS) is 10.8. The van der Waals surface area contributed by atoms with Crippen molar-refractivity contribution in [1.29, 1.82) is 0 Å². The Morgan fingerprint density at radius 1 is 1.00 bits per heavy atom. The molecule has 0 aliphatic heterocycles. The van der Waals surface area contributed by atoms with Gasteiger partial charge in [-0.3, -0.25) is 0 Å². The fourth-order valence-corrected chi connectivity index (χ4v) is 2.45. The molecule has 0 N–H and O–H groups in total. The van der Waals surface area contributed by atoms with Crippen LogP contribution in [0.15, 0.2) is 53.0 Å². The number of hydrogen-bond acceptors (Lipinski definition) is 2. The Morgan fingerprint density at radius 2 is 1.75 bits per heavy atom. The fraction of sp³-hybridized carbons (Fsp3) is 0.294. The molecule has 0 saturated heterocycles. The van der Waals surface area contributed by atoms with Crippen molar-refractivity contribution in [3.05, 3.63) is 64.1 Å². The predicted molar refractivity (Wildman–Crippen MR) is 87.2 cm³/mol. The Bertz CT molecular complexity index is 540. The van der Waals surface area contributed by atoms with E-state index in [2.05, 4.69) is 59.2 Å². The molecule has 0 radical (unpaired) electrons. The number of halogens is 1. The van der Waals surface area contributed by atoms with Crippen LogP contribution in [0, 0.1) is 0 Å². The average Bonchev–Trinajstić information content (AvgIpc) is 2.45. The Hall–Kier alpha value is -1.32. The topological polar surface area (TPSA) is 12.5 Å². The first kappa shape index (κ1) is 15.1. The van der Waals surface area contributed by atoms with Crippen molar-refractivity contribution in [3.8, 4) is 5.75 Å². The van der Waals surface area contributed by atoms with E-state index in [1.165, 1.54) is 11.1 Å². The summed E-state index contributed by atoms with van der Waals surface area (Å²) in [4.78, 5) is 2.19. The summed E-state index contributed by atoms with van der Waals surface area (Å²) in [6.07, 6.45) is 1.05. The first-order valence-corrected chi connectivity index (χ1v) is 7.54. The smallest absolute Gasteiger partial charge is 0.134 e. The number of ether oxygens (including phenoxy) is 1. The first-order chi connectivity index (χ1) is 9.65. The van der Waals surface area contributed by atoms with E-state index in [-0.39, 0.29) is 0 Å². The number of nitrogens with zero attached hydrogens (tertiary/aromatic N) is 1. The van der Waals surface area contributed by atoms with Gasteiger partial charge in [0.1, 0.15) is 12.4 Å². The molecule has 3 heteroatoms. The van der Waals surface area contributed by atoms with Gasteiger partial charge >= 0.3 is 0 Å². The Kier molecular flexibility index (Phi) is 5.62. The summed E-state index contributed by atoms with van der Waals surface area (Å²) in [6.45, 7) is 1.65. The molecule has 2 aromatic carbocycles. The fourth-order valence-electron chi connectivity index (χ4n) is 1.90. The van der Waals surface area contributed by atoms with Crippen molar-refractivity contribution in [1.82, 2.24) is 4.90 Å². The minimum Gasteiger partial charge on any atom is -0.488 e. The monoisotopic (exact) mass is 333 g/mol. The van der Waals surface area contributed by atoms with E-state index in [4.69, 9.17) is 4.74 Å². The van der Waals surface area contributed by atoms with Gasteiger partial charge in [-0.25, -0.2) is 0 Å². The summed E-state index contributed by atoms with van der Waals surface area (Å²) in [5.74, 6) is 0.891. The van der Waals surface area contributed by atoms with Crippen molar-refractivity contribution >= 4 is 15.9 Å². The second-order valence-electron chi connectivity index (χ2n) is 5.09. The molecular weight excluding hydrogens is 314 g/mol. The molecule has 0 amide bonds. The highest BCUT2D eigenvalue weighted by molar-refractivity contribution is 9.10. The van der Waals surface area contributed by atoms with Crippen LogP contribution in [0.2, 0.25) is 0 Å². The lowest BCUT2D eigenvalue weighted by molar-refractivity contribution is 0.304. The molecule has 0 unspecified atom stereocenters. The summed E-state index contributed by atoms with van der Waals surface area (Å²) in [6, 6.07) is 16.5. The number of likely N-dealkylation sites (N-methyl/N-ethyl adjacent to an activating group) is 1. The van der Waals surface area contributed by atoms with E-state index in [1.54, 1.807) is 0 Å². The van der Waals surface area contributed by atoms with Crippen molar-refractivity contribution in [2.24, 2.45) is 0 Å². The van der Waals surface area contributed by atoms with Gasteiger partial charge in [-0.1, -0.05) is 36.4 Å². The van der Waals surface area contributed by atoms with E-state index < -0.39 is 0 Å². The van der Waals surface area contributed by atoms with Crippen molar-refractivity contribution in [3.63, 3.8) is 0 Å². The van der Waals surface area contributed by atoms with Crippen LogP contribution in [0.25, 0.3) is 0 Å². The van der Waals surface area contributed by atoms with Crippen LogP contribution in [-0.2, 0) is 13.0 Å². The molecular formula is C17H20BrNO. The zero-order valence-electron chi connectivity index (χ0n) is 12.0. The molecule has 0 fully saturated rings. The predicted octanol–water partition coefficient (Wildman–Crippen LogP) is 4.13. The van der Waals surface area contributed by atoms with E-state index in [0.29, 0.717) is 6.61 Å². The van der Waals surface area contributed by atoms with Gasteiger partial charge in [0, 0.05) is 6.54 Å². The van der Waals surface area contributed by atoms with Crippen LogP contribution in [0.5, 0.6) is 5.75 Å². The molecule has 0 aliphatic carbocycles. The van der Waals surface area contributed by atoms with Crippen molar-refractivity contribution in [2.45, 2.75) is 13.0 Å². The largest absolute Gasteiger partial charge is 0.488 e. The Labute approximate surface area is 129 Å². The van der Waals surface area contributed by atoms with Gasteiger partial charge in [0.15, 0.2) is 0 Å². The molecule has 0 bridgehead atoms. The molecule has 106 valence electrons. The van der Waals surface area contributed by atoms with E-state index in [0.717, 1.165) is 23.2 Å². The maximum atomic E-state index is 5.85. The zero-order valence-corrected chi connectivity index (χ0v) is 13.6. The quantitative estimate of drug-likeness (QED) is 0.787. The molecule has 0 atom stereocenters. The van der Waals surface area contributed by atoms with Crippen LogP contribution < -0.4 is 4.74 Å². The van der Waals surface area contributed by atoms with Crippen LogP contribution in [-0.4, -0.2) is 25.5 Å². The molecule has 2 rings (SSSR count). The van der Waals surface area contributed by atoms with Gasteiger partial charge in [-0.2, -0.15) is 0 Å². The van der Waals surface area contributed by atoms with Gasteiger partial charge in [0.2, 0.25) is 0 Å². The molecule has 0 spiro atoms. The lowest BCUT2D eigenvalue weighted by atomic mass is 10.1. The number of rotatable bonds is 6. The third-order valence-electron chi connectivity index (χ3n) is 3.08. The zero-order chi connectivity index (χ0) is 14.4. The first-order valence-electron chi connectivity index (χ1n) is 6.75. The SMILES string of the molecule is CN(C)CCc1ccc(OCc2ccccc2)c(Br)c1. The molecule has 20 heavy (non-hydrogen) atoms. The molecule has 2 nitrogen and oxygen atoms in total. The second-order valence-corrected chi connectivity index (χ2v) is 5.95. The minimum atomic E-state index is 0.594. The Morgan fingerprint density at radius 3 is 2.40 bits per heavy atom. The molecule has 0 aromatic heterocycles. The average molecular weight is 334 g/mol. The standard InChI is InChI=1S/C17H20BrNO/c1-19(2)11-10-14-8-9-17(16(18)12-14)20-13-15-6-4-3-5-7-15/h3-9,12H,10-11,13H2,1-2H3. The number of hydrogen-bond donors (Lipinski definition) is 0. The summed E-state index contributed by atoms with van der Waals surface area (Å²) in [5, 5.41) is 0. The number of benzene rings is 2. The summed E-state index contributed by atoms with van der Waals surface area (Å²) in [5.41, 5.74) is 2.49. The van der Waals surface area contributed by atoms with Crippen LogP contribution in [0.1, 0.15) is 11.1 Å². The maximum Gasteiger partial charge on any atom is 0.134 e. The van der Waals surface area contributed by atoms with Gasteiger partial charge in [0.25, 0.3) is 0 Å². The maximum absolute atomic E-state index is 5.85. The van der Waals surface area contributed by atoms with Gasteiger partial charge in [-0.15, -0.1) is 0 Å². The highest BCUT2D eigenvalue weighted by Gasteiger charge is 2.04. The van der Waals surface area contributed by atoms with Gasteiger partial charge in [0.05, 0.1) is 4.47 Å². The highest BCUT2D eigenvalue weighted by Crippen LogP contribution is 2.27. The molecule has 2 aromatic rings. The summed E-state index contributed by atoms with van der Waals surface area (Å²) < 4.78 is 6.86. The second kappa shape index (κ2) is 7.46. The van der Waals surface area contributed by atoms with Gasteiger partial charge < -0.3 is 9.64 Å². The summed E-state index contributed by atoms with van der Waals surface area (Å²) >= 11 is 3.59. The molecule has 0 saturated carbocycles. The van der Waals surface area contributed by atoms with Gasteiger partial charge in [-0.05, 0) is 59.7 Å². The van der Waals surface area contributed by atoms with Crippen LogP contribution in [0.4, 0.5) is 0 Å². The van der Waals surface area contributed by atoms with Crippen LogP contribution in [0.3, 0.4) is 0 Å². The van der Waals surface area contributed by atoms with Crippen molar-refractivity contribution < 1.29 is 4.74 Å². The minimum absolute atomic E-state index is 0.594. The third kappa shape index (κ3) is 4.66. The van der Waals surface area contributed by atoms with E-state index in [9.17, 15) is 0 Å². The Balaban J connectivity index is 1.95. The lowest BCUT2D eigenvalue weighted by Crippen LogP contribution is -2.15. The van der Waals surface area contributed by atoms with E-state index >= 15 is 0 Å². The molecule has 0 heterocycles. The van der Waals surface area contributed by atoms with Crippen molar-refractivity contribution in [2.75, 3.05) is 20.6 Å². The third-order valence-corrected chi connectivity index (χ3v) is 3.70. The summed E-state index contributed by atoms with van der Waals surface area (Å²) in [7, 11) is 4.18. The van der Waals surface area contributed by atoms with E-state index in [1.807, 2.05) is 24.3 Å². The highest BCUT2D eigenvalue weighted by atomic mass is 79.9. The lowest BCUT2D eigenvalue weighted by Gasteiger charge is -2.12. The molecule has 0 aliphatic rings.